The molecule has 4 rings (SSSR count). The van der Waals surface area contributed by atoms with E-state index in [0.29, 0.717) is 5.92 Å². The Balaban J connectivity index is 1.46. The average molecular weight is 358 g/mol. The van der Waals surface area contributed by atoms with Crippen molar-refractivity contribution < 1.29 is 14.3 Å². The van der Waals surface area contributed by atoms with Crippen LogP contribution in [-0.2, 0) is 14.3 Å². The van der Waals surface area contributed by atoms with Gasteiger partial charge in [-0.3, -0.25) is 4.79 Å². The Morgan fingerprint density at radius 3 is 2.50 bits per heavy atom. The smallest absolute Gasteiger partial charge is 0.229 e. The highest BCUT2D eigenvalue weighted by Crippen LogP contribution is 2.45. The summed E-state index contributed by atoms with van der Waals surface area (Å²) in [6.07, 6.45) is 4.27. The van der Waals surface area contributed by atoms with Gasteiger partial charge in [-0.25, -0.2) is 0 Å². The van der Waals surface area contributed by atoms with Gasteiger partial charge in [-0.1, -0.05) is 18.2 Å². The number of nitrogens with zero attached hydrogens (tertiary/aromatic N) is 1. The summed E-state index contributed by atoms with van der Waals surface area (Å²) >= 11 is 0. The summed E-state index contributed by atoms with van der Waals surface area (Å²) in [7, 11) is 0. The summed E-state index contributed by atoms with van der Waals surface area (Å²) < 4.78 is 11.1. The summed E-state index contributed by atoms with van der Waals surface area (Å²) in [5, 5.41) is 3.15. The molecule has 0 aliphatic carbocycles. The van der Waals surface area contributed by atoms with Gasteiger partial charge in [-0.15, -0.1) is 0 Å². The lowest BCUT2D eigenvalue weighted by Gasteiger charge is -2.37. The molecule has 3 heterocycles. The summed E-state index contributed by atoms with van der Waals surface area (Å²) in [4.78, 5) is 15.7. The molecule has 1 spiro atoms. The Bertz CT molecular complexity index is 595. The van der Waals surface area contributed by atoms with Crippen LogP contribution in [0.25, 0.3) is 0 Å². The van der Waals surface area contributed by atoms with Crippen molar-refractivity contribution in [2.24, 2.45) is 17.3 Å². The third-order valence-corrected chi connectivity index (χ3v) is 6.42. The molecule has 1 unspecified atom stereocenters. The summed E-state index contributed by atoms with van der Waals surface area (Å²) in [6, 6.07) is 9.82. The van der Waals surface area contributed by atoms with Gasteiger partial charge in [0, 0.05) is 57.2 Å². The highest BCUT2D eigenvalue weighted by molar-refractivity contribution is 5.93. The molecule has 3 aliphatic heterocycles. The number of hydrogen-bond donors (Lipinski definition) is 1. The lowest BCUT2D eigenvalue weighted by atomic mass is 9.71. The van der Waals surface area contributed by atoms with Crippen LogP contribution in [-0.4, -0.2) is 56.9 Å². The molecule has 0 radical (unpaired) electrons. The summed E-state index contributed by atoms with van der Waals surface area (Å²) in [5.74, 6) is 0.926. The standard InChI is InChI=1S/C21H30N2O3/c24-20(22-18-4-2-1-3-5-18)19-15-23(14-17-6-10-25-11-7-17)16-21(19)8-12-26-13-9-21/h1-5,17,19H,6-16H2,(H,22,24). The molecule has 1 amide bonds. The Kier molecular flexibility index (Phi) is 5.57. The Morgan fingerprint density at radius 1 is 1.08 bits per heavy atom. The first-order valence-corrected chi connectivity index (χ1v) is 9.99. The van der Waals surface area contributed by atoms with E-state index >= 15 is 0 Å². The van der Waals surface area contributed by atoms with Gasteiger partial charge in [0.1, 0.15) is 0 Å². The molecular formula is C21H30N2O3. The number of amides is 1. The van der Waals surface area contributed by atoms with E-state index in [1.807, 2.05) is 30.3 Å². The third kappa shape index (κ3) is 3.95. The van der Waals surface area contributed by atoms with Gasteiger partial charge in [-0.05, 0) is 43.7 Å². The van der Waals surface area contributed by atoms with Crippen LogP contribution in [0.15, 0.2) is 30.3 Å². The lowest BCUT2D eigenvalue weighted by Crippen LogP contribution is -2.42. The topological polar surface area (TPSA) is 50.8 Å². The molecule has 3 saturated heterocycles. The number of para-hydroxylation sites is 1. The normalized spacial score (nSPS) is 26.8. The van der Waals surface area contributed by atoms with Gasteiger partial charge >= 0.3 is 0 Å². The van der Waals surface area contributed by atoms with Gasteiger partial charge in [0.2, 0.25) is 5.91 Å². The zero-order valence-corrected chi connectivity index (χ0v) is 15.5. The number of anilines is 1. The number of ether oxygens (including phenoxy) is 2. The average Bonchev–Trinajstić information content (AvgIpc) is 3.01. The molecule has 3 aliphatic rings. The van der Waals surface area contributed by atoms with Crippen LogP contribution in [0.2, 0.25) is 0 Å². The number of rotatable bonds is 4. The third-order valence-electron chi connectivity index (χ3n) is 6.42. The molecule has 5 heteroatoms. The first kappa shape index (κ1) is 18.0. The monoisotopic (exact) mass is 358 g/mol. The van der Waals surface area contributed by atoms with Crippen molar-refractivity contribution in [3.8, 4) is 0 Å². The fraction of sp³-hybridized carbons (Fsp3) is 0.667. The number of benzene rings is 1. The Labute approximate surface area is 156 Å². The molecule has 1 aromatic carbocycles. The van der Waals surface area contributed by atoms with Gasteiger partial charge < -0.3 is 19.7 Å². The van der Waals surface area contributed by atoms with Gasteiger partial charge in [0.25, 0.3) is 0 Å². The van der Waals surface area contributed by atoms with E-state index in [9.17, 15) is 4.79 Å². The number of carbonyl (C=O) groups excluding carboxylic acids is 1. The first-order valence-electron chi connectivity index (χ1n) is 9.99. The molecule has 0 bridgehead atoms. The van der Waals surface area contributed by atoms with Crippen molar-refractivity contribution in [3.63, 3.8) is 0 Å². The maximum absolute atomic E-state index is 13.1. The van der Waals surface area contributed by atoms with Crippen molar-refractivity contribution in [3.05, 3.63) is 30.3 Å². The maximum atomic E-state index is 13.1. The van der Waals surface area contributed by atoms with Crippen LogP contribution in [0.1, 0.15) is 25.7 Å². The van der Waals surface area contributed by atoms with Crippen LogP contribution in [0, 0.1) is 17.3 Å². The van der Waals surface area contributed by atoms with Crippen LogP contribution in [0.4, 0.5) is 5.69 Å². The molecule has 5 nitrogen and oxygen atoms in total. The van der Waals surface area contributed by atoms with Gasteiger partial charge in [-0.2, -0.15) is 0 Å². The SMILES string of the molecule is O=C(Nc1ccccc1)C1CN(CC2CCOCC2)CC12CCOCC2. The van der Waals surface area contributed by atoms with Crippen molar-refractivity contribution in [1.29, 1.82) is 0 Å². The molecule has 3 fully saturated rings. The molecule has 142 valence electrons. The number of hydrogen-bond acceptors (Lipinski definition) is 4. The Morgan fingerprint density at radius 2 is 1.77 bits per heavy atom. The zero-order valence-electron chi connectivity index (χ0n) is 15.5. The van der Waals surface area contributed by atoms with E-state index in [2.05, 4.69) is 10.2 Å². The molecule has 1 N–H and O–H groups in total. The minimum absolute atomic E-state index is 0.0476. The quantitative estimate of drug-likeness (QED) is 0.899. The van der Waals surface area contributed by atoms with E-state index in [4.69, 9.17) is 9.47 Å². The highest BCUT2D eigenvalue weighted by atomic mass is 16.5. The van der Waals surface area contributed by atoms with Crippen LogP contribution in [0.5, 0.6) is 0 Å². The van der Waals surface area contributed by atoms with Crippen molar-refractivity contribution in [2.75, 3.05) is 51.4 Å². The second-order valence-corrected chi connectivity index (χ2v) is 8.13. The second-order valence-electron chi connectivity index (χ2n) is 8.13. The van der Waals surface area contributed by atoms with Gasteiger partial charge in [0.05, 0.1) is 5.92 Å². The van der Waals surface area contributed by atoms with E-state index in [1.54, 1.807) is 0 Å². The van der Waals surface area contributed by atoms with Gasteiger partial charge in [0.15, 0.2) is 0 Å². The molecule has 0 aromatic heterocycles. The molecule has 0 saturated carbocycles. The Hall–Kier alpha value is -1.43. The predicted molar refractivity (Wildman–Crippen MR) is 101 cm³/mol. The van der Waals surface area contributed by atoms with Crippen molar-refractivity contribution in [1.82, 2.24) is 4.90 Å². The van der Waals surface area contributed by atoms with Crippen LogP contribution in [0.3, 0.4) is 0 Å². The van der Waals surface area contributed by atoms with E-state index in [1.165, 1.54) is 0 Å². The lowest BCUT2D eigenvalue weighted by molar-refractivity contribution is -0.124. The predicted octanol–water partition coefficient (Wildman–Crippen LogP) is 2.78. The van der Waals surface area contributed by atoms with Crippen molar-refractivity contribution >= 4 is 11.6 Å². The number of carbonyl (C=O) groups is 1. The fourth-order valence-corrected chi connectivity index (χ4v) is 4.90. The second kappa shape index (κ2) is 8.07. The van der Waals surface area contributed by atoms with E-state index < -0.39 is 0 Å². The maximum Gasteiger partial charge on any atom is 0.229 e. The molecule has 26 heavy (non-hydrogen) atoms. The zero-order chi connectivity index (χ0) is 17.8. The van der Waals surface area contributed by atoms with E-state index in [0.717, 1.165) is 77.4 Å². The minimum atomic E-state index is 0.0476. The number of likely N-dealkylation sites (tertiary alicyclic amines) is 1. The molecular weight excluding hydrogens is 328 g/mol. The summed E-state index contributed by atoms with van der Waals surface area (Å²) in [5.41, 5.74) is 0.963. The van der Waals surface area contributed by atoms with Crippen LogP contribution >= 0.6 is 0 Å². The highest BCUT2D eigenvalue weighted by Gasteiger charge is 2.50. The molecule has 1 atom stereocenters. The molecule has 1 aromatic rings. The van der Waals surface area contributed by atoms with E-state index in [-0.39, 0.29) is 17.2 Å². The number of nitrogens with one attached hydrogen (secondary N) is 1. The minimum Gasteiger partial charge on any atom is -0.381 e. The fourth-order valence-electron chi connectivity index (χ4n) is 4.90. The largest absolute Gasteiger partial charge is 0.381 e. The first-order chi connectivity index (χ1) is 12.8. The van der Waals surface area contributed by atoms with Crippen LogP contribution < -0.4 is 5.32 Å². The summed E-state index contributed by atoms with van der Waals surface area (Å²) in [6.45, 7) is 6.32. The van der Waals surface area contributed by atoms with Crippen molar-refractivity contribution in [2.45, 2.75) is 25.7 Å².